The molecule has 7 nitrogen and oxygen atoms in total. The fourth-order valence-corrected chi connectivity index (χ4v) is 4.43. The van der Waals surface area contributed by atoms with Crippen molar-refractivity contribution in [2.75, 3.05) is 12.4 Å². The minimum atomic E-state index is -0.544. The highest BCUT2D eigenvalue weighted by Gasteiger charge is 2.32. The van der Waals surface area contributed by atoms with E-state index in [0.717, 1.165) is 30.5 Å². The standard InChI is InChI=1S/C22H22N4O3S/c1-29-18-12-5-4-10-17(18)23-20(27)13-19-21(28)24-22(30-19)26-25-16-11-6-8-14-7-2-3-9-15(14)16/h2-5,7,9-10,12,19H,6,8,11,13H2,1H3,(H,23,27)(H,24,26,28)/t19-/m0/s1. The van der Waals surface area contributed by atoms with Crippen molar-refractivity contribution in [3.63, 3.8) is 0 Å². The highest BCUT2D eigenvalue weighted by Crippen LogP contribution is 2.27. The molecule has 0 aromatic heterocycles. The molecule has 0 bridgehead atoms. The van der Waals surface area contributed by atoms with Gasteiger partial charge in [0.1, 0.15) is 11.0 Å². The van der Waals surface area contributed by atoms with Crippen molar-refractivity contribution in [1.29, 1.82) is 0 Å². The molecule has 1 saturated heterocycles. The van der Waals surface area contributed by atoms with Crippen LogP contribution in [0.2, 0.25) is 0 Å². The number of methoxy groups -OCH3 is 1. The van der Waals surface area contributed by atoms with Gasteiger partial charge in [0, 0.05) is 12.0 Å². The molecule has 2 N–H and O–H groups in total. The van der Waals surface area contributed by atoms with Gasteiger partial charge in [-0.1, -0.05) is 48.2 Å². The van der Waals surface area contributed by atoms with Crippen LogP contribution in [0.25, 0.3) is 0 Å². The summed E-state index contributed by atoms with van der Waals surface area (Å²) in [4.78, 5) is 24.7. The number of aryl methyl sites for hydroxylation is 1. The minimum Gasteiger partial charge on any atom is -0.495 e. The second-order valence-corrected chi connectivity index (χ2v) is 8.20. The molecule has 2 aromatic carbocycles. The second kappa shape index (κ2) is 9.13. The van der Waals surface area contributed by atoms with Crippen LogP contribution in [0.3, 0.4) is 0 Å². The lowest BCUT2D eigenvalue weighted by Crippen LogP contribution is -2.28. The summed E-state index contributed by atoms with van der Waals surface area (Å²) in [6, 6.07) is 15.3. The number of fused-ring (bicyclic) bond motifs is 1. The maximum absolute atomic E-state index is 12.4. The summed E-state index contributed by atoms with van der Waals surface area (Å²) in [7, 11) is 1.54. The third-order valence-electron chi connectivity index (χ3n) is 4.98. The molecule has 2 amide bonds. The Balaban J connectivity index is 1.40. The molecule has 0 unspecified atom stereocenters. The van der Waals surface area contributed by atoms with Crippen LogP contribution in [0.4, 0.5) is 5.69 Å². The third kappa shape index (κ3) is 4.54. The van der Waals surface area contributed by atoms with Crippen LogP contribution in [0, 0.1) is 0 Å². The van der Waals surface area contributed by atoms with E-state index in [-0.39, 0.29) is 18.2 Å². The smallest absolute Gasteiger partial charge is 0.240 e. The van der Waals surface area contributed by atoms with E-state index in [9.17, 15) is 9.59 Å². The summed E-state index contributed by atoms with van der Waals surface area (Å²) >= 11 is 1.23. The van der Waals surface area contributed by atoms with E-state index in [1.165, 1.54) is 17.3 Å². The lowest BCUT2D eigenvalue weighted by Gasteiger charge is -2.16. The number of nitrogens with zero attached hydrogens (tertiary/aromatic N) is 2. The van der Waals surface area contributed by atoms with Gasteiger partial charge in [0.25, 0.3) is 0 Å². The van der Waals surface area contributed by atoms with Gasteiger partial charge in [-0.15, -0.1) is 5.10 Å². The van der Waals surface area contributed by atoms with E-state index >= 15 is 0 Å². The molecule has 1 aliphatic carbocycles. The fourth-order valence-electron chi connectivity index (χ4n) is 3.51. The van der Waals surface area contributed by atoms with Gasteiger partial charge >= 0.3 is 0 Å². The molecule has 30 heavy (non-hydrogen) atoms. The van der Waals surface area contributed by atoms with Crippen molar-refractivity contribution in [1.82, 2.24) is 5.32 Å². The highest BCUT2D eigenvalue weighted by atomic mass is 32.2. The summed E-state index contributed by atoms with van der Waals surface area (Å²) in [6.45, 7) is 0. The predicted octanol–water partition coefficient (Wildman–Crippen LogP) is 3.35. The first-order chi connectivity index (χ1) is 14.6. The topological polar surface area (TPSA) is 92.2 Å². The van der Waals surface area contributed by atoms with Gasteiger partial charge in [-0.05, 0) is 37.0 Å². The maximum Gasteiger partial charge on any atom is 0.240 e. The summed E-state index contributed by atoms with van der Waals surface area (Å²) in [5.41, 5.74) is 3.90. The summed E-state index contributed by atoms with van der Waals surface area (Å²) in [6.07, 6.45) is 2.97. The van der Waals surface area contributed by atoms with Crippen molar-refractivity contribution >= 4 is 40.1 Å². The number of carbonyl (C=O) groups excluding carboxylic acids is 2. The summed E-state index contributed by atoms with van der Waals surface area (Å²) in [5.74, 6) is 0.0688. The molecule has 1 fully saturated rings. The van der Waals surface area contributed by atoms with Crippen molar-refractivity contribution in [2.45, 2.75) is 30.9 Å². The SMILES string of the molecule is COc1ccccc1NC(=O)C[C@@H]1SC(=NN=C2CCCc3ccccc32)NC1=O. The van der Waals surface area contributed by atoms with Crippen LogP contribution < -0.4 is 15.4 Å². The van der Waals surface area contributed by atoms with Gasteiger partial charge in [-0.2, -0.15) is 5.10 Å². The normalized spacial score (nSPS) is 20.7. The van der Waals surface area contributed by atoms with Crippen LogP contribution in [0.5, 0.6) is 5.75 Å². The number of hydrogen-bond acceptors (Lipinski definition) is 6. The Morgan fingerprint density at radius 2 is 1.97 bits per heavy atom. The zero-order chi connectivity index (χ0) is 20.9. The Bertz CT molecular complexity index is 1030. The first kappa shape index (κ1) is 20.2. The average molecular weight is 423 g/mol. The molecule has 2 aliphatic rings. The number of carbonyl (C=O) groups is 2. The van der Waals surface area contributed by atoms with Crippen molar-refractivity contribution in [2.24, 2.45) is 10.2 Å². The quantitative estimate of drug-likeness (QED) is 0.723. The fraction of sp³-hybridized carbons (Fsp3) is 0.273. The number of ether oxygens (including phenoxy) is 1. The number of rotatable bonds is 5. The van der Waals surface area contributed by atoms with Gasteiger partial charge < -0.3 is 15.4 Å². The molecule has 1 atom stereocenters. The van der Waals surface area contributed by atoms with Crippen molar-refractivity contribution < 1.29 is 14.3 Å². The number of hydrogen-bond donors (Lipinski definition) is 2. The van der Waals surface area contributed by atoms with E-state index in [4.69, 9.17) is 4.74 Å². The van der Waals surface area contributed by atoms with E-state index in [2.05, 4.69) is 33.0 Å². The van der Waals surface area contributed by atoms with Crippen LogP contribution in [0.1, 0.15) is 30.4 Å². The summed E-state index contributed by atoms with van der Waals surface area (Å²) < 4.78 is 5.24. The second-order valence-electron chi connectivity index (χ2n) is 7.01. The summed E-state index contributed by atoms with van der Waals surface area (Å²) in [5, 5.41) is 14.0. The Morgan fingerprint density at radius 1 is 1.17 bits per heavy atom. The van der Waals surface area contributed by atoms with Crippen LogP contribution in [-0.4, -0.2) is 35.1 Å². The highest BCUT2D eigenvalue weighted by molar-refractivity contribution is 8.15. The van der Waals surface area contributed by atoms with Crippen LogP contribution >= 0.6 is 11.8 Å². The molecular formula is C22H22N4O3S. The van der Waals surface area contributed by atoms with Gasteiger partial charge in [0.15, 0.2) is 5.17 Å². The van der Waals surface area contributed by atoms with Crippen LogP contribution in [0.15, 0.2) is 58.7 Å². The van der Waals surface area contributed by atoms with Gasteiger partial charge in [-0.25, -0.2) is 0 Å². The number of para-hydroxylation sites is 2. The molecule has 0 saturated carbocycles. The molecule has 1 heterocycles. The largest absolute Gasteiger partial charge is 0.495 e. The Hall–Kier alpha value is -3.13. The van der Waals surface area contributed by atoms with Gasteiger partial charge in [0.05, 0.1) is 18.5 Å². The minimum absolute atomic E-state index is 0.0347. The number of benzene rings is 2. The molecule has 1 aliphatic heterocycles. The zero-order valence-electron chi connectivity index (χ0n) is 16.6. The van der Waals surface area contributed by atoms with Gasteiger partial charge in [-0.3, -0.25) is 9.59 Å². The lowest BCUT2D eigenvalue weighted by atomic mass is 9.90. The number of thioether (sulfide) groups is 1. The molecule has 0 spiro atoms. The molecule has 2 aromatic rings. The van der Waals surface area contributed by atoms with Crippen LogP contribution in [-0.2, 0) is 16.0 Å². The molecule has 0 radical (unpaired) electrons. The Kier molecular flexibility index (Phi) is 6.13. The Labute approximate surface area is 179 Å². The zero-order valence-corrected chi connectivity index (χ0v) is 17.4. The van der Waals surface area contributed by atoms with Crippen molar-refractivity contribution in [3.05, 3.63) is 59.7 Å². The first-order valence-corrected chi connectivity index (χ1v) is 10.6. The van der Waals surface area contributed by atoms with E-state index in [1.807, 2.05) is 24.3 Å². The molecular weight excluding hydrogens is 400 g/mol. The van der Waals surface area contributed by atoms with E-state index in [1.54, 1.807) is 19.2 Å². The number of amides is 2. The van der Waals surface area contributed by atoms with E-state index in [0.29, 0.717) is 16.6 Å². The monoisotopic (exact) mass is 422 g/mol. The number of anilines is 1. The van der Waals surface area contributed by atoms with Crippen molar-refractivity contribution in [3.8, 4) is 5.75 Å². The number of amidine groups is 1. The lowest BCUT2D eigenvalue weighted by molar-refractivity contribution is -0.122. The predicted molar refractivity (Wildman–Crippen MR) is 119 cm³/mol. The average Bonchev–Trinajstić information content (AvgIpc) is 3.11. The number of nitrogens with one attached hydrogen (secondary N) is 2. The Morgan fingerprint density at radius 3 is 2.83 bits per heavy atom. The first-order valence-electron chi connectivity index (χ1n) is 9.77. The third-order valence-corrected chi connectivity index (χ3v) is 6.05. The van der Waals surface area contributed by atoms with Gasteiger partial charge in [0.2, 0.25) is 11.8 Å². The maximum atomic E-state index is 12.4. The molecule has 4 rings (SSSR count). The molecule has 154 valence electrons. The molecule has 8 heteroatoms. The van der Waals surface area contributed by atoms with E-state index < -0.39 is 5.25 Å².